The van der Waals surface area contributed by atoms with Crippen LogP contribution in [0.4, 0.5) is 0 Å². The van der Waals surface area contributed by atoms with Gasteiger partial charge in [-0.05, 0) is 43.0 Å². The van der Waals surface area contributed by atoms with Gasteiger partial charge in [-0.15, -0.1) is 0 Å². The van der Waals surface area contributed by atoms with Gasteiger partial charge in [0.15, 0.2) is 5.11 Å². The molecule has 22 heavy (non-hydrogen) atoms. The Kier molecular flexibility index (Phi) is 4.11. The molecule has 1 aliphatic carbocycles. The van der Waals surface area contributed by atoms with Gasteiger partial charge in [0.2, 0.25) is 0 Å². The lowest BCUT2D eigenvalue weighted by Crippen LogP contribution is -2.66. The van der Waals surface area contributed by atoms with Crippen LogP contribution >= 0.6 is 28.1 Å². The van der Waals surface area contributed by atoms with Crippen LogP contribution in [0.25, 0.3) is 0 Å². The topological polar surface area (TPSA) is 39.3 Å². The first kappa shape index (κ1) is 14.9. The minimum absolute atomic E-state index is 0.279. The number of hydrogen-bond donors (Lipinski definition) is 3. The molecule has 5 atom stereocenters. The van der Waals surface area contributed by atoms with Crippen molar-refractivity contribution in [2.24, 2.45) is 5.92 Å². The zero-order valence-electron chi connectivity index (χ0n) is 12.3. The third-order valence-corrected chi connectivity index (χ3v) is 6.27. The number of nitrogens with one attached hydrogen (secondary N) is 3. The van der Waals surface area contributed by atoms with E-state index in [9.17, 15) is 0 Å². The molecule has 1 saturated carbocycles. The second-order valence-electron chi connectivity index (χ2n) is 6.51. The monoisotopic (exact) mass is 380 g/mol. The van der Waals surface area contributed by atoms with Gasteiger partial charge in [0.05, 0.1) is 12.2 Å². The summed E-state index contributed by atoms with van der Waals surface area (Å²) in [5, 5.41) is 4.19. The normalized spacial score (nSPS) is 37.9. The van der Waals surface area contributed by atoms with Gasteiger partial charge in [-0.3, -0.25) is 10.3 Å². The molecule has 6 heteroatoms. The fraction of sp³-hybridized carbons (Fsp3) is 0.562. The van der Waals surface area contributed by atoms with Crippen LogP contribution in [-0.4, -0.2) is 33.1 Å². The van der Waals surface area contributed by atoms with Crippen LogP contribution in [0.2, 0.25) is 0 Å². The molecule has 4 nitrogen and oxygen atoms in total. The summed E-state index contributed by atoms with van der Waals surface area (Å²) in [5.74, 6) is 0.648. The number of thiocarbonyl (C=S) groups is 1. The molecule has 4 rings (SSSR count). The number of hydrazine groups is 1. The van der Waals surface area contributed by atoms with Gasteiger partial charge < -0.3 is 5.32 Å². The van der Waals surface area contributed by atoms with Gasteiger partial charge in [0.1, 0.15) is 0 Å². The van der Waals surface area contributed by atoms with Crippen LogP contribution in [0.15, 0.2) is 30.3 Å². The zero-order chi connectivity index (χ0) is 15.1. The summed E-state index contributed by atoms with van der Waals surface area (Å²) in [6.45, 7) is 0.980. The summed E-state index contributed by atoms with van der Waals surface area (Å²) in [7, 11) is 0. The van der Waals surface area contributed by atoms with Crippen LogP contribution in [0, 0.1) is 5.92 Å². The number of likely N-dealkylation sites (tertiary alicyclic amines) is 1. The molecular weight excluding hydrogens is 360 g/mol. The van der Waals surface area contributed by atoms with E-state index in [1.54, 1.807) is 0 Å². The molecule has 0 amide bonds. The molecule has 0 bridgehead atoms. The predicted molar refractivity (Wildman–Crippen MR) is 95.4 cm³/mol. The Morgan fingerprint density at radius 1 is 1.23 bits per heavy atom. The van der Waals surface area contributed by atoms with Gasteiger partial charge in [-0.1, -0.05) is 46.3 Å². The van der Waals surface area contributed by atoms with E-state index in [4.69, 9.17) is 12.2 Å². The van der Waals surface area contributed by atoms with E-state index in [0.717, 1.165) is 6.54 Å². The maximum Gasteiger partial charge on any atom is 0.182 e. The molecule has 3 aliphatic rings. The molecule has 118 valence electrons. The van der Waals surface area contributed by atoms with Crippen LogP contribution in [0.5, 0.6) is 0 Å². The molecule has 0 radical (unpaired) electrons. The summed E-state index contributed by atoms with van der Waals surface area (Å²) in [6.07, 6.45) is 4.00. The Labute approximate surface area is 145 Å². The van der Waals surface area contributed by atoms with Crippen molar-refractivity contribution < 1.29 is 0 Å². The minimum Gasteiger partial charge on any atom is -0.345 e. The smallest absolute Gasteiger partial charge is 0.182 e. The molecule has 1 aromatic rings. The summed E-state index contributed by atoms with van der Waals surface area (Å²) >= 11 is 9.14. The van der Waals surface area contributed by atoms with Crippen LogP contribution in [0.3, 0.4) is 0 Å². The molecule has 2 heterocycles. The summed E-state index contributed by atoms with van der Waals surface area (Å²) in [5.41, 5.74) is 7.93. The third kappa shape index (κ3) is 2.66. The zero-order valence-corrected chi connectivity index (χ0v) is 14.7. The van der Waals surface area contributed by atoms with Crippen molar-refractivity contribution in [2.45, 2.75) is 48.9 Å². The van der Waals surface area contributed by atoms with E-state index in [-0.39, 0.29) is 6.17 Å². The quantitative estimate of drug-likeness (QED) is 0.541. The molecule has 2 saturated heterocycles. The number of rotatable bonds is 2. The van der Waals surface area contributed by atoms with Crippen LogP contribution < -0.4 is 16.2 Å². The number of nitrogens with zero attached hydrogens (tertiary/aromatic N) is 1. The van der Waals surface area contributed by atoms with Gasteiger partial charge in [-0.25, -0.2) is 5.43 Å². The largest absolute Gasteiger partial charge is 0.345 e. The molecule has 1 aromatic carbocycles. The Bertz CT molecular complexity index is 554. The number of halogens is 1. The highest BCUT2D eigenvalue weighted by Gasteiger charge is 2.52. The first-order chi connectivity index (χ1) is 10.7. The number of fused-ring (bicyclic) bond motifs is 3. The van der Waals surface area contributed by atoms with Crippen molar-refractivity contribution in [3.8, 4) is 0 Å². The first-order valence-electron chi connectivity index (χ1n) is 7.98. The van der Waals surface area contributed by atoms with Gasteiger partial charge in [0, 0.05) is 17.4 Å². The van der Waals surface area contributed by atoms with Crippen molar-refractivity contribution >= 4 is 33.3 Å². The number of alkyl halides is 1. The van der Waals surface area contributed by atoms with E-state index in [1.807, 2.05) is 0 Å². The molecule has 5 unspecified atom stereocenters. The van der Waals surface area contributed by atoms with Gasteiger partial charge in [-0.2, -0.15) is 0 Å². The minimum atomic E-state index is 0.279. The summed E-state index contributed by atoms with van der Waals surface area (Å²) in [4.78, 5) is 3.26. The summed E-state index contributed by atoms with van der Waals surface area (Å²) < 4.78 is 0. The lowest BCUT2D eigenvalue weighted by Gasteiger charge is -2.36. The van der Waals surface area contributed by atoms with E-state index in [2.05, 4.69) is 67.3 Å². The maximum absolute atomic E-state index is 5.32. The second-order valence-corrected chi connectivity index (χ2v) is 8.22. The highest BCUT2D eigenvalue weighted by molar-refractivity contribution is 9.09. The van der Waals surface area contributed by atoms with Crippen molar-refractivity contribution in [3.05, 3.63) is 35.9 Å². The highest BCUT2D eigenvalue weighted by atomic mass is 79.9. The molecule has 0 aromatic heterocycles. The molecule has 2 aliphatic heterocycles. The Balaban J connectivity index is 1.61. The fourth-order valence-electron chi connectivity index (χ4n) is 4.27. The lowest BCUT2D eigenvalue weighted by atomic mass is 9.82. The van der Waals surface area contributed by atoms with Gasteiger partial charge in [0.25, 0.3) is 0 Å². The van der Waals surface area contributed by atoms with Gasteiger partial charge >= 0.3 is 0 Å². The van der Waals surface area contributed by atoms with E-state index >= 15 is 0 Å². The van der Waals surface area contributed by atoms with Crippen molar-refractivity contribution in [3.63, 3.8) is 0 Å². The van der Waals surface area contributed by atoms with E-state index < -0.39 is 0 Å². The average molecular weight is 381 g/mol. The van der Waals surface area contributed by atoms with Crippen LogP contribution in [0.1, 0.15) is 24.8 Å². The lowest BCUT2D eigenvalue weighted by molar-refractivity contribution is 0.135. The van der Waals surface area contributed by atoms with E-state index in [1.165, 1.54) is 24.8 Å². The standard InChI is InChI=1S/C16H21BrN4S/c17-11-6-7-13-12(8-11)14-15(18-16(22)20-19-14)21(13)9-10-4-2-1-3-5-10/h1-5,11-15,19H,6-9H2,(H2,18,20,22). The number of hydrogen-bond acceptors (Lipinski definition) is 3. The number of benzene rings is 1. The molecule has 3 fully saturated rings. The second kappa shape index (κ2) is 6.07. The Morgan fingerprint density at radius 2 is 2.05 bits per heavy atom. The predicted octanol–water partition coefficient (Wildman–Crippen LogP) is 2.11. The molecule has 3 N–H and O–H groups in total. The van der Waals surface area contributed by atoms with Crippen molar-refractivity contribution in [1.82, 2.24) is 21.1 Å². The van der Waals surface area contributed by atoms with Crippen LogP contribution in [-0.2, 0) is 6.54 Å². The molecule has 0 spiro atoms. The van der Waals surface area contributed by atoms with Crippen molar-refractivity contribution in [2.75, 3.05) is 0 Å². The van der Waals surface area contributed by atoms with Crippen molar-refractivity contribution in [1.29, 1.82) is 0 Å². The van der Waals surface area contributed by atoms with E-state index in [0.29, 0.717) is 27.9 Å². The third-order valence-electron chi connectivity index (χ3n) is 5.22. The maximum atomic E-state index is 5.32. The SMILES string of the molecule is S=C1NNC2C3CC(Br)CCC3N(Cc3ccccc3)C2N1. The molecular formula is C16H21BrN4S. The first-order valence-corrected chi connectivity index (χ1v) is 9.30. The average Bonchev–Trinajstić information content (AvgIpc) is 2.81. The fourth-order valence-corrected chi connectivity index (χ4v) is 5.14. The Hall–Kier alpha value is -0.690. The highest BCUT2D eigenvalue weighted by Crippen LogP contribution is 2.42. The summed E-state index contributed by atoms with van der Waals surface area (Å²) in [6, 6.07) is 11.8. The Morgan fingerprint density at radius 3 is 2.86 bits per heavy atom.